The number of fused-ring (bicyclic) bond motifs is 1. The van der Waals surface area contributed by atoms with E-state index in [2.05, 4.69) is 21.4 Å². The molecule has 1 heterocycles. The van der Waals surface area contributed by atoms with Crippen LogP contribution in [0.2, 0.25) is 0 Å². The van der Waals surface area contributed by atoms with Crippen LogP contribution >= 0.6 is 0 Å². The molecular formula is C22H21N3O2S. The number of imidazole rings is 1. The van der Waals surface area contributed by atoms with Crippen molar-refractivity contribution in [2.75, 3.05) is 6.54 Å². The van der Waals surface area contributed by atoms with E-state index in [1.807, 2.05) is 43.3 Å². The van der Waals surface area contributed by atoms with Gasteiger partial charge in [-0.05, 0) is 31.2 Å². The molecule has 3 aromatic carbocycles. The molecule has 0 aliphatic heterocycles. The quantitative estimate of drug-likeness (QED) is 0.540. The molecule has 28 heavy (non-hydrogen) atoms. The molecule has 0 fully saturated rings. The molecule has 6 heteroatoms. The topological polar surface area (TPSA) is 64.0 Å². The normalized spacial score (nSPS) is 11.8. The van der Waals surface area contributed by atoms with E-state index in [0.29, 0.717) is 6.54 Å². The zero-order chi connectivity index (χ0) is 19.6. The van der Waals surface area contributed by atoms with Gasteiger partial charge < -0.3 is 4.57 Å². The largest absolute Gasteiger partial charge is 0.323 e. The highest BCUT2D eigenvalue weighted by Gasteiger charge is 2.15. The van der Waals surface area contributed by atoms with Crippen molar-refractivity contribution >= 4 is 21.1 Å². The Balaban J connectivity index is 1.63. The average molecular weight is 391 g/mol. The van der Waals surface area contributed by atoms with E-state index in [0.717, 1.165) is 22.4 Å². The fraction of sp³-hybridized carbons (Fsp3) is 0.136. The Morgan fingerprint density at radius 2 is 1.57 bits per heavy atom. The van der Waals surface area contributed by atoms with Crippen molar-refractivity contribution in [3.63, 3.8) is 0 Å². The van der Waals surface area contributed by atoms with Crippen LogP contribution in [0, 0.1) is 6.92 Å². The Hall–Kier alpha value is -2.96. The van der Waals surface area contributed by atoms with Crippen molar-refractivity contribution in [1.29, 1.82) is 0 Å². The molecule has 0 aliphatic rings. The minimum atomic E-state index is -3.53. The van der Waals surface area contributed by atoms with Crippen LogP contribution in [0.25, 0.3) is 22.4 Å². The number of rotatable bonds is 6. The van der Waals surface area contributed by atoms with E-state index < -0.39 is 10.0 Å². The molecule has 0 unspecified atom stereocenters. The Labute approximate surface area is 164 Å². The zero-order valence-electron chi connectivity index (χ0n) is 15.5. The van der Waals surface area contributed by atoms with Crippen molar-refractivity contribution in [2.45, 2.75) is 18.4 Å². The van der Waals surface area contributed by atoms with Crippen LogP contribution in [0.5, 0.6) is 0 Å². The average Bonchev–Trinajstić information content (AvgIpc) is 3.08. The second-order valence-corrected chi connectivity index (χ2v) is 8.42. The molecule has 1 N–H and O–H groups in total. The lowest BCUT2D eigenvalue weighted by Gasteiger charge is -2.11. The van der Waals surface area contributed by atoms with Gasteiger partial charge in [0.05, 0.1) is 15.9 Å². The molecule has 0 radical (unpaired) electrons. The smallest absolute Gasteiger partial charge is 0.240 e. The first kappa shape index (κ1) is 18.4. The van der Waals surface area contributed by atoms with E-state index >= 15 is 0 Å². The van der Waals surface area contributed by atoms with Gasteiger partial charge in [-0.2, -0.15) is 0 Å². The summed E-state index contributed by atoms with van der Waals surface area (Å²) in [6.07, 6.45) is 0. The number of nitrogens with one attached hydrogen (secondary N) is 1. The van der Waals surface area contributed by atoms with Gasteiger partial charge in [0.2, 0.25) is 10.0 Å². The van der Waals surface area contributed by atoms with Crippen LogP contribution in [0.15, 0.2) is 83.8 Å². The summed E-state index contributed by atoms with van der Waals surface area (Å²) in [6, 6.07) is 24.5. The lowest BCUT2D eigenvalue weighted by atomic mass is 10.1. The monoisotopic (exact) mass is 391 g/mol. The van der Waals surface area contributed by atoms with E-state index in [4.69, 9.17) is 4.98 Å². The Morgan fingerprint density at radius 1 is 0.893 bits per heavy atom. The fourth-order valence-electron chi connectivity index (χ4n) is 3.20. The van der Waals surface area contributed by atoms with Gasteiger partial charge in [-0.3, -0.25) is 0 Å². The molecule has 0 atom stereocenters. The molecule has 0 saturated carbocycles. The number of sulfonamides is 1. The second kappa shape index (κ2) is 7.58. The Bertz CT molecular complexity index is 1200. The molecule has 142 valence electrons. The zero-order valence-corrected chi connectivity index (χ0v) is 16.4. The first-order chi connectivity index (χ1) is 13.5. The van der Waals surface area contributed by atoms with Gasteiger partial charge in [-0.15, -0.1) is 0 Å². The third-order valence-corrected chi connectivity index (χ3v) is 6.12. The summed E-state index contributed by atoms with van der Waals surface area (Å²) >= 11 is 0. The molecule has 4 rings (SSSR count). The van der Waals surface area contributed by atoms with Crippen LogP contribution < -0.4 is 4.72 Å². The second-order valence-electron chi connectivity index (χ2n) is 6.65. The third-order valence-electron chi connectivity index (χ3n) is 4.65. The molecule has 5 nitrogen and oxygen atoms in total. The first-order valence-electron chi connectivity index (χ1n) is 9.12. The SMILES string of the molecule is Cc1ccc(-c2nc3ccccc3n2CCNS(=O)(=O)c2ccccc2)cc1. The van der Waals surface area contributed by atoms with Crippen LogP contribution in [0.1, 0.15) is 5.56 Å². The fourth-order valence-corrected chi connectivity index (χ4v) is 4.24. The van der Waals surface area contributed by atoms with Crippen molar-refractivity contribution in [3.05, 3.63) is 84.4 Å². The van der Waals surface area contributed by atoms with Crippen LogP contribution in [0.3, 0.4) is 0 Å². The van der Waals surface area contributed by atoms with E-state index in [1.54, 1.807) is 30.3 Å². The number of aromatic nitrogens is 2. The molecule has 0 spiro atoms. The number of hydrogen-bond acceptors (Lipinski definition) is 3. The van der Waals surface area contributed by atoms with Crippen LogP contribution in [0.4, 0.5) is 0 Å². The number of benzene rings is 3. The third kappa shape index (κ3) is 3.69. The van der Waals surface area contributed by atoms with Gasteiger partial charge in [0.15, 0.2) is 0 Å². The van der Waals surface area contributed by atoms with Crippen molar-refractivity contribution in [3.8, 4) is 11.4 Å². The molecule has 4 aromatic rings. The number of hydrogen-bond donors (Lipinski definition) is 1. The van der Waals surface area contributed by atoms with Crippen LogP contribution in [-0.2, 0) is 16.6 Å². The molecule has 0 bridgehead atoms. The van der Waals surface area contributed by atoms with Gasteiger partial charge in [0.1, 0.15) is 5.82 Å². The van der Waals surface area contributed by atoms with Crippen molar-refractivity contribution < 1.29 is 8.42 Å². The highest BCUT2D eigenvalue weighted by Crippen LogP contribution is 2.25. The molecule has 0 saturated heterocycles. The maximum absolute atomic E-state index is 12.5. The van der Waals surface area contributed by atoms with E-state index in [9.17, 15) is 8.42 Å². The van der Waals surface area contributed by atoms with Crippen molar-refractivity contribution in [1.82, 2.24) is 14.3 Å². The van der Waals surface area contributed by atoms with Gasteiger partial charge in [0.25, 0.3) is 0 Å². The summed E-state index contributed by atoms with van der Waals surface area (Å²) in [5.41, 5.74) is 4.07. The predicted molar refractivity (Wildman–Crippen MR) is 112 cm³/mol. The maximum Gasteiger partial charge on any atom is 0.240 e. The Morgan fingerprint density at radius 3 is 2.32 bits per heavy atom. The summed E-state index contributed by atoms with van der Waals surface area (Å²) < 4.78 is 29.7. The number of para-hydroxylation sites is 2. The minimum absolute atomic E-state index is 0.268. The molecule has 0 amide bonds. The first-order valence-corrected chi connectivity index (χ1v) is 10.6. The molecular weight excluding hydrogens is 370 g/mol. The van der Waals surface area contributed by atoms with Gasteiger partial charge in [-0.1, -0.05) is 60.2 Å². The van der Waals surface area contributed by atoms with Gasteiger partial charge in [-0.25, -0.2) is 18.1 Å². The maximum atomic E-state index is 12.5. The van der Waals surface area contributed by atoms with Gasteiger partial charge >= 0.3 is 0 Å². The van der Waals surface area contributed by atoms with Crippen LogP contribution in [-0.4, -0.2) is 24.5 Å². The van der Waals surface area contributed by atoms with E-state index in [-0.39, 0.29) is 11.4 Å². The predicted octanol–water partition coefficient (Wildman–Crippen LogP) is 3.99. The lowest BCUT2D eigenvalue weighted by Crippen LogP contribution is -2.27. The highest BCUT2D eigenvalue weighted by molar-refractivity contribution is 7.89. The molecule has 0 aliphatic carbocycles. The Kier molecular flexibility index (Phi) is 4.98. The van der Waals surface area contributed by atoms with E-state index in [1.165, 1.54) is 5.56 Å². The summed E-state index contributed by atoms with van der Waals surface area (Å²) in [5.74, 6) is 0.833. The minimum Gasteiger partial charge on any atom is -0.323 e. The summed E-state index contributed by atoms with van der Waals surface area (Å²) in [6.45, 7) is 2.80. The summed E-state index contributed by atoms with van der Waals surface area (Å²) in [5, 5.41) is 0. The molecule has 1 aromatic heterocycles. The lowest BCUT2D eigenvalue weighted by molar-refractivity contribution is 0.574. The number of nitrogens with zero attached hydrogens (tertiary/aromatic N) is 2. The summed E-state index contributed by atoms with van der Waals surface area (Å²) in [7, 11) is -3.53. The standard InChI is InChI=1S/C22H21N3O2S/c1-17-11-13-18(14-12-17)22-24-20-9-5-6-10-21(20)25(22)16-15-23-28(26,27)19-7-3-2-4-8-19/h2-14,23H,15-16H2,1H3. The summed E-state index contributed by atoms with van der Waals surface area (Å²) in [4.78, 5) is 5.04. The van der Waals surface area contributed by atoms with Crippen molar-refractivity contribution in [2.24, 2.45) is 0 Å². The van der Waals surface area contributed by atoms with Gasteiger partial charge in [0, 0.05) is 18.7 Å². The highest BCUT2D eigenvalue weighted by atomic mass is 32.2. The number of aryl methyl sites for hydroxylation is 1.